The summed E-state index contributed by atoms with van der Waals surface area (Å²) in [5.74, 6) is 0. The summed E-state index contributed by atoms with van der Waals surface area (Å²) in [4.78, 5) is 31.0. The number of aldehydes is 1. The van der Waals surface area contributed by atoms with E-state index >= 15 is 0 Å². The predicted molar refractivity (Wildman–Crippen MR) is 110 cm³/mol. The highest BCUT2D eigenvalue weighted by molar-refractivity contribution is 5.48. The number of rotatable bonds is 18. The van der Waals surface area contributed by atoms with Crippen molar-refractivity contribution < 1.29 is 24.9 Å². The zero-order valence-electron chi connectivity index (χ0n) is 17.1. The van der Waals surface area contributed by atoms with Crippen LogP contribution < -0.4 is 0 Å². The summed E-state index contributed by atoms with van der Waals surface area (Å²) in [5.41, 5.74) is 0. The number of nitro groups is 2. The molecular weight excluding hydrogens is 380 g/mol. The Balaban J connectivity index is 4.26. The van der Waals surface area contributed by atoms with Crippen LogP contribution >= 0.6 is 0 Å². The number of carbonyl (C=O) groups is 1. The Morgan fingerprint density at radius 3 is 1.93 bits per heavy atom. The van der Waals surface area contributed by atoms with Gasteiger partial charge >= 0.3 is 0 Å². The van der Waals surface area contributed by atoms with Gasteiger partial charge in [0.15, 0.2) is 0 Å². The first kappa shape index (κ1) is 26.9. The van der Waals surface area contributed by atoms with Crippen molar-refractivity contribution in [3.63, 3.8) is 0 Å². The molecule has 0 fully saturated rings. The number of unbranched alkanes of at least 4 members (excludes halogenated alkanes) is 5. The summed E-state index contributed by atoms with van der Waals surface area (Å²) in [6.07, 6.45) is 11.4. The molecule has 2 N–H and O–H groups in total. The van der Waals surface area contributed by atoms with Crippen LogP contribution in [-0.4, -0.2) is 50.6 Å². The molecule has 9 nitrogen and oxygen atoms in total. The van der Waals surface area contributed by atoms with Crippen LogP contribution in [0.4, 0.5) is 0 Å². The largest absolute Gasteiger partial charge is 0.386 e. The fourth-order valence-electron chi connectivity index (χ4n) is 2.97. The van der Waals surface area contributed by atoms with Crippen LogP contribution in [0.2, 0.25) is 0 Å². The summed E-state index contributed by atoms with van der Waals surface area (Å²) in [6.45, 7) is 1.54. The number of carbonyl (C=O) groups excluding carboxylic acids is 1. The third-order valence-electron chi connectivity index (χ3n) is 4.76. The molecule has 0 saturated carbocycles. The van der Waals surface area contributed by atoms with Crippen LogP contribution in [0.15, 0.2) is 24.3 Å². The Hall–Kier alpha value is -2.13. The van der Waals surface area contributed by atoms with Crippen molar-refractivity contribution in [3.05, 3.63) is 44.5 Å². The maximum Gasteiger partial charge on any atom is 0.242 e. The van der Waals surface area contributed by atoms with Gasteiger partial charge in [0.05, 0.1) is 0 Å². The molecule has 0 aromatic carbocycles. The molecule has 0 rings (SSSR count). The van der Waals surface area contributed by atoms with E-state index in [2.05, 4.69) is 0 Å². The van der Waals surface area contributed by atoms with Crippen molar-refractivity contribution in [1.29, 1.82) is 0 Å². The van der Waals surface area contributed by atoms with E-state index in [9.17, 15) is 35.2 Å². The lowest BCUT2D eigenvalue weighted by Gasteiger charge is -2.20. The second-order valence-electron chi connectivity index (χ2n) is 7.06. The molecule has 0 heterocycles. The number of hydrogen-bond acceptors (Lipinski definition) is 7. The lowest BCUT2D eigenvalue weighted by molar-refractivity contribution is -0.543. The average Bonchev–Trinajstić information content (AvgIpc) is 2.65. The Labute approximate surface area is 171 Å². The molecule has 9 heteroatoms. The molecule has 0 aromatic heterocycles. The SMILES string of the molecule is CCC(C(O)CC(O)C(C/C=C\C/C=C\CCCCCCC=O)[N+](=O)[O-])[N+](=O)[O-]. The molecule has 4 atom stereocenters. The molecule has 0 saturated heterocycles. The second-order valence-corrected chi connectivity index (χ2v) is 7.06. The molecule has 166 valence electrons. The van der Waals surface area contributed by atoms with Crippen molar-refractivity contribution in [1.82, 2.24) is 0 Å². The van der Waals surface area contributed by atoms with Crippen LogP contribution in [0.25, 0.3) is 0 Å². The lowest BCUT2D eigenvalue weighted by atomic mass is 9.97. The van der Waals surface area contributed by atoms with E-state index in [4.69, 9.17) is 0 Å². The van der Waals surface area contributed by atoms with Crippen LogP contribution in [0.1, 0.15) is 71.1 Å². The normalized spacial score (nSPS) is 16.0. The van der Waals surface area contributed by atoms with Gasteiger partial charge in [-0.3, -0.25) is 20.2 Å². The fraction of sp³-hybridized carbons (Fsp3) is 0.750. The zero-order chi connectivity index (χ0) is 22.1. The van der Waals surface area contributed by atoms with Crippen molar-refractivity contribution in [3.8, 4) is 0 Å². The van der Waals surface area contributed by atoms with Crippen LogP contribution in [0.3, 0.4) is 0 Å². The van der Waals surface area contributed by atoms with Gasteiger partial charge in [0.2, 0.25) is 12.1 Å². The highest BCUT2D eigenvalue weighted by Gasteiger charge is 2.36. The Bertz CT molecular complexity index is 537. The van der Waals surface area contributed by atoms with E-state index in [1.807, 2.05) is 12.2 Å². The minimum Gasteiger partial charge on any atom is -0.386 e. The van der Waals surface area contributed by atoms with E-state index in [1.165, 1.54) is 6.92 Å². The molecular formula is C20H34N2O7. The first-order valence-corrected chi connectivity index (χ1v) is 10.2. The van der Waals surface area contributed by atoms with Crippen molar-refractivity contribution in [2.45, 2.75) is 95.4 Å². The van der Waals surface area contributed by atoms with E-state index in [1.54, 1.807) is 12.2 Å². The van der Waals surface area contributed by atoms with Gasteiger partial charge in [-0.25, -0.2) is 0 Å². The van der Waals surface area contributed by atoms with Gasteiger partial charge in [0.1, 0.15) is 18.5 Å². The number of aliphatic hydroxyl groups excluding tert-OH is 2. The molecule has 0 aliphatic carbocycles. The Morgan fingerprint density at radius 1 is 0.828 bits per heavy atom. The van der Waals surface area contributed by atoms with Crippen LogP contribution in [0, 0.1) is 20.2 Å². The van der Waals surface area contributed by atoms with Gasteiger partial charge in [-0.05, 0) is 25.7 Å². The van der Waals surface area contributed by atoms with Gasteiger partial charge in [-0.2, -0.15) is 0 Å². The monoisotopic (exact) mass is 414 g/mol. The van der Waals surface area contributed by atoms with E-state index in [-0.39, 0.29) is 12.8 Å². The summed E-state index contributed by atoms with van der Waals surface area (Å²) in [7, 11) is 0. The van der Waals surface area contributed by atoms with Gasteiger partial charge < -0.3 is 15.0 Å². The smallest absolute Gasteiger partial charge is 0.242 e. The van der Waals surface area contributed by atoms with E-state index in [0.717, 1.165) is 38.4 Å². The van der Waals surface area contributed by atoms with Crippen molar-refractivity contribution in [2.24, 2.45) is 0 Å². The van der Waals surface area contributed by atoms with Crippen molar-refractivity contribution >= 4 is 6.29 Å². The van der Waals surface area contributed by atoms with Gasteiger partial charge in [-0.15, -0.1) is 0 Å². The topological polar surface area (TPSA) is 144 Å². The third kappa shape index (κ3) is 12.8. The molecule has 0 spiro atoms. The van der Waals surface area contributed by atoms with Gasteiger partial charge in [-0.1, -0.05) is 44.1 Å². The lowest BCUT2D eigenvalue weighted by Crippen LogP contribution is -2.41. The summed E-state index contributed by atoms with van der Waals surface area (Å²) < 4.78 is 0. The molecule has 0 radical (unpaired) electrons. The minimum atomic E-state index is -1.46. The molecule has 29 heavy (non-hydrogen) atoms. The molecule has 0 amide bonds. The maximum absolute atomic E-state index is 11.2. The number of aliphatic hydroxyl groups is 2. The first-order chi connectivity index (χ1) is 13.8. The molecule has 0 aromatic rings. The highest BCUT2D eigenvalue weighted by Crippen LogP contribution is 2.15. The molecule has 0 bridgehead atoms. The minimum absolute atomic E-state index is 0.0132. The van der Waals surface area contributed by atoms with Gasteiger partial charge in [0, 0.05) is 35.5 Å². The highest BCUT2D eigenvalue weighted by atomic mass is 16.6. The molecule has 0 aliphatic rings. The second kappa shape index (κ2) is 16.8. The number of hydrogen-bond donors (Lipinski definition) is 2. The van der Waals surface area contributed by atoms with E-state index in [0.29, 0.717) is 12.8 Å². The number of nitrogens with zero attached hydrogens (tertiary/aromatic N) is 2. The number of allylic oxidation sites excluding steroid dienone is 3. The summed E-state index contributed by atoms with van der Waals surface area (Å²) in [6, 6.07) is -2.57. The molecule has 4 unspecified atom stereocenters. The quantitative estimate of drug-likeness (QED) is 0.115. The summed E-state index contributed by atoms with van der Waals surface area (Å²) in [5, 5.41) is 42.0. The first-order valence-electron chi connectivity index (χ1n) is 10.2. The maximum atomic E-state index is 11.2. The summed E-state index contributed by atoms with van der Waals surface area (Å²) >= 11 is 0. The predicted octanol–water partition coefficient (Wildman–Crippen LogP) is 3.23. The van der Waals surface area contributed by atoms with Crippen molar-refractivity contribution in [2.75, 3.05) is 0 Å². The van der Waals surface area contributed by atoms with Crippen LogP contribution in [-0.2, 0) is 4.79 Å². The van der Waals surface area contributed by atoms with E-state index < -0.39 is 40.6 Å². The Morgan fingerprint density at radius 2 is 1.38 bits per heavy atom. The molecule has 0 aliphatic heterocycles. The zero-order valence-corrected chi connectivity index (χ0v) is 17.1. The Kier molecular flexibility index (Phi) is 15.6. The van der Waals surface area contributed by atoms with Crippen LogP contribution in [0.5, 0.6) is 0 Å². The van der Waals surface area contributed by atoms with Gasteiger partial charge in [0.25, 0.3) is 0 Å². The average molecular weight is 414 g/mol. The fourth-order valence-corrected chi connectivity index (χ4v) is 2.97. The third-order valence-corrected chi connectivity index (χ3v) is 4.76. The standard InChI is InChI=1S/C20H34N2O7/c1-2-17(21(26)27)19(24)16-20(25)18(22(28)29)14-12-10-8-6-4-3-5-7-9-11-13-15-23/h4,6,10,12,15,17-20,24-25H,2-3,5,7-9,11,13-14,16H2,1H3/b6-4-,12-10-.